The molecule has 2 rings (SSSR count). The van der Waals surface area contributed by atoms with E-state index in [1.165, 1.54) is 4.90 Å². The van der Waals surface area contributed by atoms with Crippen molar-refractivity contribution in [1.29, 1.82) is 0 Å². The van der Waals surface area contributed by atoms with E-state index in [9.17, 15) is 24.8 Å². The molecule has 1 atom stereocenters. The molecule has 1 saturated heterocycles. The van der Waals surface area contributed by atoms with Crippen LogP contribution in [0, 0.1) is 10.1 Å². The van der Waals surface area contributed by atoms with Crippen molar-refractivity contribution in [3.63, 3.8) is 0 Å². The molecule has 0 spiro atoms. The van der Waals surface area contributed by atoms with Crippen molar-refractivity contribution in [2.75, 3.05) is 13.1 Å². The van der Waals surface area contributed by atoms with Crippen LogP contribution in [0.2, 0.25) is 0 Å². The quantitative estimate of drug-likeness (QED) is 0.595. The molecule has 1 heterocycles. The van der Waals surface area contributed by atoms with Crippen molar-refractivity contribution in [2.45, 2.75) is 13.0 Å². The summed E-state index contributed by atoms with van der Waals surface area (Å²) in [7, 11) is 0. The van der Waals surface area contributed by atoms with Gasteiger partial charge in [0.05, 0.1) is 4.92 Å². The van der Waals surface area contributed by atoms with Crippen molar-refractivity contribution < 1.29 is 19.6 Å². The fourth-order valence-corrected chi connectivity index (χ4v) is 2.07. The highest BCUT2D eigenvalue weighted by Crippen LogP contribution is 2.25. The zero-order chi connectivity index (χ0) is 14.9. The summed E-state index contributed by atoms with van der Waals surface area (Å²) in [5.41, 5.74) is -0.623. The minimum atomic E-state index is -0.710. The number of piperazine rings is 1. The highest BCUT2D eigenvalue weighted by Gasteiger charge is 2.33. The predicted octanol–water partition coefficient (Wildman–Crippen LogP) is 0.261. The third kappa shape index (κ3) is 2.40. The fraction of sp³-hybridized carbons (Fsp3) is 0.333. The minimum Gasteiger partial charge on any atom is -0.508 e. The van der Waals surface area contributed by atoms with E-state index in [4.69, 9.17) is 0 Å². The first-order valence-corrected chi connectivity index (χ1v) is 5.98. The first-order valence-electron chi connectivity index (χ1n) is 5.98. The van der Waals surface area contributed by atoms with E-state index in [2.05, 4.69) is 5.32 Å². The summed E-state index contributed by atoms with van der Waals surface area (Å²) >= 11 is 0. The number of hydrogen-bond donors (Lipinski definition) is 2. The van der Waals surface area contributed by atoms with Crippen LogP contribution in [0.15, 0.2) is 18.2 Å². The first-order chi connectivity index (χ1) is 9.41. The fourth-order valence-electron chi connectivity index (χ4n) is 2.07. The highest BCUT2D eigenvalue weighted by molar-refractivity contribution is 6.01. The largest absolute Gasteiger partial charge is 0.508 e. The molecule has 1 unspecified atom stereocenters. The molecule has 0 saturated carbocycles. The average Bonchev–Trinajstić information content (AvgIpc) is 2.40. The Hall–Kier alpha value is -2.64. The number of carbonyl (C=O) groups excluding carboxylic acids is 2. The number of aromatic hydroxyl groups is 1. The number of carbonyl (C=O) groups is 2. The van der Waals surface area contributed by atoms with E-state index < -0.39 is 22.6 Å². The third-order valence-electron chi connectivity index (χ3n) is 3.17. The molecule has 1 aromatic carbocycles. The Bertz CT molecular complexity index is 586. The molecule has 1 aromatic rings. The van der Waals surface area contributed by atoms with E-state index in [-0.39, 0.29) is 23.8 Å². The van der Waals surface area contributed by atoms with E-state index >= 15 is 0 Å². The van der Waals surface area contributed by atoms with Gasteiger partial charge in [-0.15, -0.1) is 0 Å². The molecule has 2 amide bonds. The van der Waals surface area contributed by atoms with Crippen molar-refractivity contribution >= 4 is 17.5 Å². The second-order valence-electron chi connectivity index (χ2n) is 4.42. The number of hydrogen-bond acceptors (Lipinski definition) is 5. The van der Waals surface area contributed by atoms with Crippen molar-refractivity contribution in [2.24, 2.45) is 0 Å². The summed E-state index contributed by atoms with van der Waals surface area (Å²) in [6.07, 6.45) is 0. The van der Waals surface area contributed by atoms with Crippen molar-refractivity contribution in [3.05, 3.63) is 33.9 Å². The summed E-state index contributed by atoms with van der Waals surface area (Å²) in [6.45, 7) is 2.10. The molecule has 2 N–H and O–H groups in total. The summed E-state index contributed by atoms with van der Waals surface area (Å²) in [5.74, 6) is -1.20. The Morgan fingerprint density at radius 3 is 2.90 bits per heavy atom. The molecule has 106 valence electrons. The maximum Gasteiger partial charge on any atom is 0.282 e. The van der Waals surface area contributed by atoms with E-state index in [1.54, 1.807) is 6.92 Å². The summed E-state index contributed by atoms with van der Waals surface area (Å²) in [4.78, 5) is 35.4. The molecule has 8 heteroatoms. The molecule has 0 radical (unpaired) electrons. The van der Waals surface area contributed by atoms with Gasteiger partial charge in [0.1, 0.15) is 17.4 Å². The smallest absolute Gasteiger partial charge is 0.282 e. The zero-order valence-electron chi connectivity index (χ0n) is 10.7. The molecule has 8 nitrogen and oxygen atoms in total. The lowest BCUT2D eigenvalue weighted by Gasteiger charge is -2.32. The van der Waals surface area contributed by atoms with Crippen LogP contribution in [0.1, 0.15) is 17.3 Å². The maximum absolute atomic E-state index is 12.4. The Balaban J connectivity index is 2.40. The van der Waals surface area contributed by atoms with Crippen LogP contribution in [0.4, 0.5) is 5.69 Å². The van der Waals surface area contributed by atoms with Crippen LogP contribution in [-0.2, 0) is 4.79 Å². The Morgan fingerprint density at radius 2 is 2.25 bits per heavy atom. The average molecular weight is 279 g/mol. The lowest BCUT2D eigenvalue weighted by atomic mass is 10.1. The summed E-state index contributed by atoms with van der Waals surface area (Å²) < 4.78 is 0. The number of rotatable bonds is 2. The standard InChI is InChI=1S/C12H13N3O5/c1-7-11(17)13-4-5-14(7)12(18)9-6-8(16)2-3-10(9)15(19)20/h2-3,6-7,16H,4-5H2,1H3,(H,13,17). The van der Waals surface area contributed by atoms with Gasteiger partial charge in [-0.1, -0.05) is 0 Å². The molecule has 0 aromatic heterocycles. The van der Waals surface area contributed by atoms with Gasteiger partial charge in [-0.05, 0) is 19.1 Å². The van der Waals surface area contributed by atoms with Gasteiger partial charge in [-0.2, -0.15) is 0 Å². The van der Waals surface area contributed by atoms with Gasteiger partial charge in [-0.25, -0.2) is 0 Å². The second kappa shape index (κ2) is 5.16. The number of nitrogens with zero attached hydrogens (tertiary/aromatic N) is 2. The molecule has 0 bridgehead atoms. The summed E-state index contributed by atoms with van der Waals surface area (Å²) in [5, 5.41) is 23.0. The Labute approximate surface area is 114 Å². The molecule has 20 heavy (non-hydrogen) atoms. The van der Waals surface area contributed by atoms with Gasteiger partial charge in [0.25, 0.3) is 11.6 Å². The van der Waals surface area contributed by atoms with Crippen LogP contribution >= 0.6 is 0 Å². The van der Waals surface area contributed by atoms with E-state index in [0.29, 0.717) is 6.54 Å². The Kier molecular flexibility index (Phi) is 3.55. The maximum atomic E-state index is 12.4. The number of nitro groups is 1. The first kappa shape index (κ1) is 13.8. The van der Waals surface area contributed by atoms with E-state index in [0.717, 1.165) is 18.2 Å². The second-order valence-corrected chi connectivity index (χ2v) is 4.42. The Morgan fingerprint density at radius 1 is 1.55 bits per heavy atom. The SMILES string of the molecule is CC1C(=O)NCCN1C(=O)c1cc(O)ccc1[N+](=O)[O-]. The van der Waals surface area contributed by atoms with E-state index in [1.807, 2.05) is 0 Å². The topological polar surface area (TPSA) is 113 Å². The number of benzene rings is 1. The monoisotopic (exact) mass is 279 g/mol. The van der Waals surface area contributed by atoms with Crippen molar-refractivity contribution in [3.8, 4) is 5.75 Å². The number of amides is 2. The van der Waals surface area contributed by atoms with Crippen LogP contribution in [0.5, 0.6) is 5.75 Å². The molecule has 1 fully saturated rings. The minimum absolute atomic E-state index is 0.225. The number of nitrogens with one attached hydrogen (secondary N) is 1. The van der Waals surface area contributed by atoms with Gasteiger partial charge in [0, 0.05) is 19.2 Å². The molecular formula is C12H13N3O5. The van der Waals surface area contributed by atoms with Crippen molar-refractivity contribution in [1.82, 2.24) is 10.2 Å². The normalized spacial score (nSPS) is 18.6. The van der Waals surface area contributed by atoms with Gasteiger partial charge in [0.2, 0.25) is 5.91 Å². The highest BCUT2D eigenvalue weighted by atomic mass is 16.6. The molecule has 1 aliphatic rings. The van der Waals surface area contributed by atoms with Gasteiger partial charge >= 0.3 is 0 Å². The number of phenolic OH excluding ortho intramolecular Hbond substituents is 1. The van der Waals surface area contributed by atoms with Crippen LogP contribution in [-0.4, -0.2) is 45.9 Å². The lowest BCUT2D eigenvalue weighted by molar-refractivity contribution is -0.385. The number of nitro benzene ring substituents is 1. The zero-order valence-corrected chi connectivity index (χ0v) is 10.7. The summed E-state index contributed by atoms with van der Waals surface area (Å²) in [6, 6.07) is 2.54. The molecule has 0 aliphatic carbocycles. The van der Waals surface area contributed by atoms with Gasteiger partial charge in [-0.3, -0.25) is 19.7 Å². The van der Waals surface area contributed by atoms with Gasteiger partial charge in [0.15, 0.2) is 0 Å². The predicted molar refractivity (Wildman–Crippen MR) is 68.3 cm³/mol. The van der Waals surface area contributed by atoms with Crippen LogP contribution < -0.4 is 5.32 Å². The van der Waals surface area contributed by atoms with Crippen LogP contribution in [0.25, 0.3) is 0 Å². The lowest BCUT2D eigenvalue weighted by Crippen LogP contribution is -2.55. The number of phenols is 1. The third-order valence-corrected chi connectivity index (χ3v) is 3.17. The van der Waals surface area contributed by atoms with Gasteiger partial charge < -0.3 is 15.3 Å². The van der Waals surface area contributed by atoms with Crippen LogP contribution in [0.3, 0.4) is 0 Å². The molecule has 1 aliphatic heterocycles. The molecular weight excluding hydrogens is 266 g/mol.